The molecule has 1 aliphatic heterocycles. The van der Waals surface area contributed by atoms with Gasteiger partial charge in [0.1, 0.15) is 0 Å². The minimum atomic E-state index is -0.229. The van der Waals surface area contributed by atoms with Crippen LogP contribution >= 0.6 is 22.9 Å². The number of hydrogen-bond acceptors (Lipinski definition) is 3. The molecule has 1 N–H and O–H groups in total. The van der Waals surface area contributed by atoms with Crippen LogP contribution in [0.3, 0.4) is 0 Å². The zero-order valence-corrected chi connectivity index (χ0v) is 11.0. The van der Waals surface area contributed by atoms with E-state index in [-0.39, 0.29) is 11.2 Å². The zero-order chi connectivity index (χ0) is 11.6. The van der Waals surface area contributed by atoms with Gasteiger partial charge in [-0.25, -0.2) is 0 Å². The third kappa shape index (κ3) is 2.04. The highest BCUT2D eigenvalue weighted by molar-refractivity contribution is 7.12. The normalized spacial score (nSPS) is 25.6. The molecule has 1 aromatic rings. The first-order valence-corrected chi connectivity index (χ1v) is 6.94. The Balaban J connectivity index is 2.28. The summed E-state index contributed by atoms with van der Waals surface area (Å²) >= 11 is 7.50. The molecule has 4 heteroatoms. The molecule has 0 spiro atoms. The van der Waals surface area contributed by atoms with Crippen molar-refractivity contribution in [1.82, 2.24) is 5.32 Å². The summed E-state index contributed by atoms with van der Waals surface area (Å²) in [6.45, 7) is 3.90. The second-order valence-corrected chi connectivity index (χ2v) is 5.66. The minimum absolute atomic E-state index is 0.224. The predicted octanol–water partition coefficient (Wildman–Crippen LogP) is 3.36. The van der Waals surface area contributed by atoms with E-state index in [9.17, 15) is 4.79 Å². The van der Waals surface area contributed by atoms with E-state index in [1.165, 1.54) is 11.3 Å². The number of nitrogens with one attached hydrogen (secondary N) is 1. The van der Waals surface area contributed by atoms with E-state index in [1.54, 1.807) is 6.07 Å². The molecule has 1 unspecified atom stereocenters. The molecule has 0 aromatic carbocycles. The van der Waals surface area contributed by atoms with Crippen molar-refractivity contribution < 1.29 is 4.79 Å². The number of rotatable bonds is 3. The molecule has 1 saturated heterocycles. The van der Waals surface area contributed by atoms with E-state index in [2.05, 4.69) is 12.2 Å². The lowest BCUT2D eigenvalue weighted by Gasteiger charge is -2.35. The number of thiophene rings is 1. The van der Waals surface area contributed by atoms with Crippen LogP contribution in [0.15, 0.2) is 11.4 Å². The summed E-state index contributed by atoms with van der Waals surface area (Å²) in [7, 11) is 0. The number of carbonyl (C=O) groups excluding carboxylic acids is 1. The SMILES string of the molecule is CCC1(C(=O)c2sccc2Cl)CCCNC1. The van der Waals surface area contributed by atoms with E-state index in [1.807, 2.05) is 5.38 Å². The summed E-state index contributed by atoms with van der Waals surface area (Å²) in [4.78, 5) is 13.2. The lowest BCUT2D eigenvalue weighted by atomic mass is 9.74. The van der Waals surface area contributed by atoms with Gasteiger partial charge in [-0.1, -0.05) is 18.5 Å². The number of piperidine rings is 1. The monoisotopic (exact) mass is 257 g/mol. The Hall–Kier alpha value is -0.380. The molecule has 1 aromatic heterocycles. The van der Waals surface area contributed by atoms with Crippen LogP contribution in [0.2, 0.25) is 5.02 Å². The molecule has 1 aliphatic rings. The van der Waals surface area contributed by atoms with Gasteiger partial charge in [0.05, 0.1) is 9.90 Å². The summed E-state index contributed by atoms with van der Waals surface area (Å²) in [5.74, 6) is 0.224. The molecule has 0 saturated carbocycles. The topological polar surface area (TPSA) is 29.1 Å². The fourth-order valence-electron chi connectivity index (χ4n) is 2.32. The van der Waals surface area contributed by atoms with E-state index >= 15 is 0 Å². The van der Waals surface area contributed by atoms with E-state index < -0.39 is 0 Å². The molecule has 2 heterocycles. The van der Waals surface area contributed by atoms with Crippen molar-refractivity contribution in [3.63, 3.8) is 0 Å². The first-order valence-electron chi connectivity index (χ1n) is 5.68. The summed E-state index contributed by atoms with van der Waals surface area (Å²) < 4.78 is 0. The number of Topliss-reactive ketones (excluding diaryl/α,β-unsaturated/α-hetero) is 1. The fourth-order valence-corrected chi connectivity index (χ4v) is 3.52. The van der Waals surface area contributed by atoms with E-state index in [0.717, 1.165) is 37.2 Å². The first-order chi connectivity index (χ1) is 7.69. The standard InChI is InChI=1S/C12H16ClNOS/c1-2-12(5-3-6-14-8-12)11(15)10-9(13)4-7-16-10/h4,7,14H,2-3,5-6,8H2,1H3. The van der Waals surface area contributed by atoms with Crippen LogP contribution in [0.25, 0.3) is 0 Å². The van der Waals surface area contributed by atoms with Crippen LogP contribution in [-0.4, -0.2) is 18.9 Å². The largest absolute Gasteiger partial charge is 0.316 e. The minimum Gasteiger partial charge on any atom is -0.316 e. The number of hydrogen-bond donors (Lipinski definition) is 1. The van der Waals surface area contributed by atoms with Gasteiger partial charge in [0.15, 0.2) is 5.78 Å². The summed E-state index contributed by atoms with van der Waals surface area (Å²) in [6, 6.07) is 1.80. The van der Waals surface area contributed by atoms with Crippen LogP contribution in [0.1, 0.15) is 35.9 Å². The summed E-state index contributed by atoms with van der Waals surface area (Å²) in [6.07, 6.45) is 2.93. The molecule has 1 fully saturated rings. The van der Waals surface area contributed by atoms with Gasteiger partial charge < -0.3 is 5.32 Å². The average molecular weight is 258 g/mol. The van der Waals surface area contributed by atoms with Crippen molar-refractivity contribution >= 4 is 28.7 Å². The summed E-state index contributed by atoms with van der Waals surface area (Å²) in [5, 5.41) is 5.82. The lowest BCUT2D eigenvalue weighted by molar-refractivity contribution is 0.0735. The van der Waals surface area contributed by atoms with Crippen molar-refractivity contribution in [3.8, 4) is 0 Å². The fraction of sp³-hybridized carbons (Fsp3) is 0.583. The first kappa shape index (κ1) is 12.1. The number of ketones is 1. The van der Waals surface area contributed by atoms with Gasteiger partial charge in [0.2, 0.25) is 0 Å². The molecule has 16 heavy (non-hydrogen) atoms. The highest BCUT2D eigenvalue weighted by Crippen LogP contribution is 2.37. The number of halogens is 1. The quantitative estimate of drug-likeness (QED) is 0.842. The van der Waals surface area contributed by atoms with Crippen LogP contribution in [-0.2, 0) is 0 Å². The van der Waals surface area contributed by atoms with Gasteiger partial charge in [0.25, 0.3) is 0 Å². The lowest BCUT2D eigenvalue weighted by Crippen LogP contribution is -2.45. The van der Waals surface area contributed by atoms with Crippen LogP contribution < -0.4 is 5.32 Å². The second-order valence-electron chi connectivity index (χ2n) is 4.34. The van der Waals surface area contributed by atoms with Gasteiger partial charge in [-0.2, -0.15) is 0 Å². The van der Waals surface area contributed by atoms with Gasteiger partial charge in [0, 0.05) is 12.0 Å². The third-order valence-corrected chi connectivity index (χ3v) is 4.79. The molecule has 0 bridgehead atoms. The van der Waals surface area contributed by atoms with Gasteiger partial charge >= 0.3 is 0 Å². The highest BCUT2D eigenvalue weighted by atomic mass is 35.5. The second kappa shape index (κ2) is 4.86. The van der Waals surface area contributed by atoms with Gasteiger partial charge in [-0.15, -0.1) is 11.3 Å². The van der Waals surface area contributed by atoms with Crippen molar-refractivity contribution in [2.45, 2.75) is 26.2 Å². The smallest absolute Gasteiger partial charge is 0.181 e. The molecule has 2 rings (SSSR count). The van der Waals surface area contributed by atoms with Crippen LogP contribution in [0, 0.1) is 5.41 Å². The Kier molecular flexibility index (Phi) is 3.67. The molecular weight excluding hydrogens is 242 g/mol. The Morgan fingerprint density at radius 1 is 1.69 bits per heavy atom. The maximum atomic E-state index is 12.5. The van der Waals surface area contributed by atoms with Crippen LogP contribution in [0.4, 0.5) is 0 Å². The molecule has 0 radical (unpaired) electrons. The number of carbonyl (C=O) groups is 1. The maximum Gasteiger partial charge on any atom is 0.181 e. The average Bonchev–Trinajstić information content (AvgIpc) is 2.75. The molecule has 88 valence electrons. The van der Waals surface area contributed by atoms with Crippen molar-refractivity contribution in [2.75, 3.05) is 13.1 Å². The molecule has 0 aliphatic carbocycles. The van der Waals surface area contributed by atoms with Crippen molar-refractivity contribution in [3.05, 3.63) is 21.3 Å². The summed E-state index contributed by atoms with van der Waals surface area (Å²) in [5.41, 5.74) is -0.229. The van der Waals surface area contributed by atoms with Gasteiger partial charge in [-0.05, 0) is 37.3 Å². The van der Waals surface area contributed by atoms with Crippen LogP contribution in [0.5, 0.6) is 0 Å². The van der Waals surface area contributed by atoms with Gasteiger partial charge in [-0.3, -0.25) is 4.79 Å². The molecule has 1 atom stereocenters. The zero-order valence-electron chi connectivity index (χ0n) is 9.38. The maximum absolute atomic E-state index is 12.5. The Morgan fingerprint density at radius 2 is 2.50 bits per heavy atom. The van der Waals surface area contributed by atoms with Crippen molar-refractivity contribution in [2.24, 2.45) is 5.41 Å². The molecule has 0 amide bonds. The predicted molar refractivity (Wildman–Crippen MR) is 68.5 cm³/mol. The molecule has 2 nitrogen and oxygen atoms in total. The van der Waals surface area contributed by atoms with E-state index in [4.69, 9.17) is 11.6 Å². The van der Waals surface area contributed by atoms with Crippen molar-refractivity contribution in [1.29, 1.82) is 0 Å². The third-order valence-electron chi connectivity index (χ3n) is 3.45. The van der Waals surface area contributed by atoms with E-state index in [0.29, 0.717) is 5.02 Å². The Morgan fingerprint density at radius 3 is 3.00 bits per heavy atom. The highest BCUT2D eigenvalue weighted by Gasteiger charge is 2.39. The Labute approximate surface area is 105 Å². The Bertz CT molecular complexity index is 382. The molecular formula is C12H16ClNOS.